The van der Waals surface area contributed by atoms with Crippen LogP contribution in [0.1, 0.15) is 11.1 Å². The summed E-state index contributed by atoms with van der Waals surface area (Å²) < 4.78 is 78.3. The lowest BCUT2D eigenvalue weighted by molar-refractivity contribution is -0.139. The minimum atomic E-state index is -4.85. The number of halogens is 6. The molecule has 0 spiro atoms. The Morgan fingerprint density at radius 1 is 0.591 bits per heavy atom. The van der Waals surface area contributed by atoms with Crippen LogP contribution in [-0.2, 0) is 12.4 Å². The molecule has 118 valence electrons. The first kappa shape index (κ1) is 16.0. The van der Waals surface area contributed by atoms with Crippen LogP contribution in [-0.4, -0.2) is 0 Å². The molecule has 0 aliphatic rings. The maximum atomic E-state index is 13.1. The summed E-state index contributed by atoms with van der Waals surface area (Å²) in [5.41, 5.74) is 6.75. The summed E-state index contributed by atoms with van der Waals surface area (Å²) in [5.74, 6) is 0. The second-order valence-electron chi connectivity index (χ2n) is 4.61. The third-order valence-corrected chi connectivity index (χ3v) is 2.99. The van der Waals surface area contributed by atoms with E-state index in [1.165, 1.54) is 0 Å². The van der Waals surface area contributed by atoms with E-state index >= 15 is 0 Å². The minimum absolute atomic E-state index is 0.0760. The van der Waals surface area contributed by atoms with Crippen molar-refractivity contribution >= 4 is 11.4 Å². The molecule has 0 aliphatic carbocycles. The van der Waals surface area contributed by atoms with Crippen molar-refractivity contribution < 1.29 is 26.3 Å². The molecule has 0 aliphatic heterocycles. The fourth-order valence-corrected chi connectivity index (χ4v) is 2.06. The van der Waals surface area contributed by atoms with Crippen LogP contribution in [0.25, 0.3) is 11.1 Å². The van der Waals surface area contributed by atoms with Crippen molar-refractivity contribution in [2.24, 2.45) is 0 Å². The summed E-state index contributed by atoms with van der Waals surface area (Å²) in [4.78, 5) is 0. The Kier molecular flexibility index (Phi) is 3.72. The Morgan fingerprint density at radius 3 is 1.64 bits per heavy atom. The lowest BCUT2D eigenvalue weighted by Gasteiger charge is -2.18. The first-order chi connectivity index (χ1) is 10.00. The number of rotatable bonds is 1. The van der Waals surface area contributed by atoms with E-state index in [1.807, 2.05) is 0 Å². The van der Waals surface area contributed by atoms with Gasteiger partial charge in [0.25, 0.3) is 0 Å². The van der Waals surface area contributed by atoms with Crippen LogP contribution < -0.4 is 11.5 Å². The van der Waals surface area contributed by atoms with Crippen LogP contribution >= 0.6 is 0 Å². The average Bonchev–Trinajstić information content (AvgIpc) is 2.36. The summed E-state index contributed by atoms with van der Waals surface area (Å²) in [5, 5.41) is 0. The fourth-order valence-electron chi connectivity index (χ4n) is 2.06. The molecule has 4 N–H and O–H groups in total. The van der Waals surface area contributed by atoms with E-state index < -0.39 is 34.6 Å². The topological polar surface area (TPSA) is 52.0 Å². The lowest BCUT2D eigenvalue weighted by atomic mass is 9.94. The molecule has 2 aromatic rings. The number of hydrogen-bond acceptors (Lipinski definition) is 2. The summed E-state index contributed by atoms with van der Waals surface area (Å²) in [6.45, 7) is 0. The molecule has 2 rings (SSSR count). The van der Waals surface area contributed by atoms with Gasteiger partial charge in [-0.15, -0.1) is 0 Å². The van der Waals surface area contributed by atoms with E-state index in [9.17, 15) is 26.3 Å². The smallest absolute Gasteiger partial charge is 0.399 e. The highest BCUT2D eigenvalue weighted by atomic mass is 19.4. The lowest BCUT2D eigenvalue weighted by Crippen LogP contribution is -2.12. The molecule has 2 nitrogen and oxygen atoms in total. The second-order valence-corrected chi connectivity index (χ2v) is 4.61. The highest BCUT2D eigenvalue weighted by molar-refractivity contribution is 5.76. The number of nitrogens with two attached hydrogens (primary N) is 2. The molecular formula is C14H10F6N2. The molecule has 2 aromatic carbocycles. The summed E-state index contributed by atoms with van der Waals surface area (Å²) in [7, 11) is 0. The van der Waals surface area contributed by atoms with Crippen molar-refractivity contribution in [1.82, 2.24) is 0 Å². The molecule has 0 fully saturated rings. The van der Waals surface area contributed by atoms with Crippen LogP contribution in [0, 0.1) is 0 Å². The molecule has 0 radical (unpaired) electrons. The fraction of sp³-hybridized carbons (Fsp3) is 0.143. The standard InChI is InChI=1S/C14H10F6N2/c15-13(16,17)11-4-2-7(21)5-10(11)9-3-1-8(22)6-12(9)14(18,19)20/h1-6H,21-22H2. The Bertz CT molecular complexity index is 703. The van der Waals surface area contributed by atoms with Crippen LogP contribution in [0.4, 0.5) is 37.7 Å². The minimum Gasteiger partial charge on any atom is -0.399 e. The number of hydrogen-bond donors (Lipinski definition) is 2. The summed E-state index contributed by atoms with van der Waals surface area (Å²) in [6.07, 6.45) is -9.66. The molecule has 0 heterocycles. The Morgan fingerprint density at radius 2 is 1.09 bits per heavy atom. The van der Waals surface area contributed by atoms with Gasteiger partial charge in [0, 0.05) is 11.4 Å². The molecule has 0 aromatic heterocycles. The molecule has 8 heteroatoms. The maximum Gasteiger partial charge on any atom is 0.417 e. The Hall–Kier alpha value is -2.38. The Labute approximate surface area is 121 Å². The monoisotopic (exact) mass is 320 g/mol. The van der Waals surface area contributed by atoms with Crippen LogP contribution in [0.15, 0.2) is 36.4 Å². The first-order valence-electron chi connectivity index (χ1n) is 5.94. The van der Waals surface area contributed by atoms with E-state index in [0.29, 0.717) is 12.1 Å². The highest BCUT2D eigenvalue weighted by Gasteiger charge is 2.38. The van der Waals surface area contributed by atoms with Gasteiger partial charge < -0.3 is 11.5 Å². The molecule has 0 amide bonds. The summed E-state index contributed by atoms with van der Waals surface area (Å²) in [6, 6.07) is 5.11. The molecule has 0 atom stereocenters. The number of anilines is 2. The average molecular weight is 320 g/mol. The zero-order valence-electron chi connectivity index (χ0n) is 10.9. The molecule has 0 unspecified atom stereocenters. The van der Waals surface area contributed by atoms with Crippen LogP contribution in [0.5, 0.6) is 0 Å². The van der Waals surface area contributed by atoms with Crippen molar-refractivity contribution in [3.63, 3.8) is 0 Å². The Balaban J connectivity index is 2.80. The largest absolute Gasteiger partial charge is 0.417 e. The molecule has 22 heavy (non-hydrogen) atoms. The predicted octanol–water partition coefficient (Wildman–Crippen LogP) is 4.56. The van der Waals surface area contributed by atoms with E-state index in [-0.39, 0.29) is 11.4 Å². The summed E-state index contributed by atoms with van der Waals surface area (Å²) >= 11 is 0. The van der Waals surface area contributed by atoms with E-state index in [4.69, 9.17) is 11.5 Å². The zero-order valence-corrected chi connectivity index (χ0v) is 10.9. The maximum absolute atomic E-state index is 13.1. The molecule has 0 saturated heterocycles. The van der Waals surface area contributed by atoms with Crippen molar-refractivity contribution in [2.45, 2.75) is 12.4 Å². The predicted molar refractivity (Wildman–Crippen MR) is 70.7 cm³/mol. The quantitative estimate of drug-likeness (QED) is 0.598. The van der Waals surface area contributed by atoms with Crippen molar-refractivity contribution in [1.29, 1.82) is 0 Å². The molecular weight excluding hydrogens is 310 g/mol. The van der Waals surface area contributed by atoms with E-state index in [1.54, 1.807) is 0 Å². The SMILES string of the molecule is Nc1ccc(C(F)(F)F)c(-c2ccc(N)cc2C(F)(F)F)c1. The first-order valence-corrected chi connectivity index (χ1v) is 5.94. The molecule has 0 saturated carbocycles. The van der Waals surface area contributed by atoms with E-state index in [0.717, 1.165) is 24.3 Å². The van der Waals surface area contributed by atoms with Gasteiger partial charge in [0.1, 0.15) is 0 Å². The van der Waals surface area contributed by atoms with Crippen molar-refractivity contribution in [3.8, 4) is 11.1 Å². The molecule has 0 bridgehead atoms. The normalized spacial score (nSPS) is 12.5. The van der Waals surface area contributed by atoms with Gasteiger partial charge in [-0.2, -0.15) is 26.3 Å². The van der Waals surface area contributed by atoms with Gasteiger partial charge in [0.2, 0.25) is 0 Å². The number of nitrogen functional groups attached to an aromatic ring is 2. The van der Waals surface area contributed by atoms with Gasteiger partial charge in [0.15, 0.2) is 0 Å². The van der Waals surface area contributed by atoms with Crippen molar-refractivity contribution in [2.75, 3.05) is 11.5 Å². The number of alkyl halides is 6. The third kappa shape index (κ3) is 3.10. The van der Waals surface area contributed by atoms with Crippen molar-refractivity contribution in [3.05, 3.63) is 47.5 Å². The number of benzene rings is 2. The van der Waals surface area contributed by atoms with Gasteiger partial charge in [-0.05, 0) is 41.5 Å². The highest BCUT2D eigenvalue weighted by Crippen LogP contribution is 2.43. The third-order valence-electron chi connectivity index (χ3n) is 2.99. The second kappa shape index (κ2) is 5.11. The zero-order chi connectivity index (χ0) is 16.7. The van der Waals surface area contributed by atoms with Crippen LogP contribution in [0.3, 0.4) is 0 Å². The van der Waals surface area contributed by atoms with Crippen LogP contribution in [0.2, 0.25) is 0 Å². The van der Waals surface area contributed by atoms with Gasteiger partial charge in [-0.25, -0.2) is 0 Å². The van der Waals surface area contributed by atoms with Gasteiger partial charge in [-0.3, -0.25) is 0 Å². The van der Waals surface area contributed by atoms with Gasteiger partial charge in [0.05, 0.1) is 11.1 Å². The van der Waals surface area contributed by atoms with E-state index in [2.05, 4.69) is 0 Å². The van der Waals surface area contributed by atoms with Gasteiger partial charge >= 0.3 is 12.4 Å². The van der Waals surface area contributed by atoms with Gasteiger partial charge in [-0.1, -0.05) is 6.07 Å².